The summed E-state index contributed by atoms with van der Waals surface area (Å²) in [6, 6.07) is 0. The number of carbonyl (C=O) groups is 2. The third-order valence-electron chi connectivity index (χ3n) is 2.73. The van der Waals surface area contributed by atoms with Gasteiger partial charge in [0.1, 0.15) is 0 Å². The Kier molecular flexibility index (Phi) is 5.93. The van der Waals surface area contributed by atoms with Crippen LogP contribution in [-0.4, -0.2) is 74.7 Å². The number of ether oxygens (including phenoxy) is 2. The van der Waals surface area contributed by atoms with Crippen LogP contribution in [0.2, 0.25) is 0 Å². The highest BCUT2D eigenvalue weighted by atomic mass is 16.7. The normalized spacial score (nSPS) is 21.8. The summed E-state index contributed by atoms with van der Waals surface area (Å²) in [6.07, 6.45) is 2.11. The summed E-state index contributed by atoms with van der Waals surface area (Å²) in [4.78, 5) is 33.0. The fourth-order valence-corrected chi connectivity index (χ4v) is 1.73. The van der Waals surface area contributed by atoms with Crippen LogP contribution in [0.1, 0.15) is 0 Å². The van der Waals surface area contributed by atoms with Crippen LogP contribution in [0.4, 0.5) is 0 Å². The first-order valence-corrected chi connectivity index (χ1v) is 6.51. The maximum absolute atomic E-state index is 11.5. The third kappa shape index (κ3) is 5.25. The van der Waals surface area contributed by atoms with Crippen molar-refractivity contribution < 1.29 is 28.7 Å². The van der Waals surface area contributed by atoms with E-state index in [0.29, 0.717) is 52.6 Å². The molecule has 0 spiro atoms. The molecular weight excluding hydrogens is 268 g/mol. The summed E-state index contributed by atoms with van der Waals surface area (Å²) in [7, 11) is 0. The Morgan fingerprint density at radius 1 is 0.750 bits per heavy atom. The first kappa shape index (κ1) is 14.9. The smallest absolute Gasteiger partial charge is 0.349 e. The molecule has 112 valence electrons. The number of hydroxylamine groups is 4. The van der Waals surface area contributed by atoms with Crippen molar-refractivity contribution in [1.82, 2.24) is 10.1 Å². The molecule has 0 aromatic heterocycles. The zero-order valence-corrected chi connectivity index (χ0v) is 11.2. The van der Waals surface area contributed by atoms with Crippen LogP contribution in [0.25, 0.3) is 0 Å². The van der Waals surface area contributed by atoms with E-state index < -0.39 is 11.9 Å². The van der Waals surface area contributed by atoms with Crippen molar-refractivity contribution in [2.24, 2.45) is 0 Å². The van der Waals surface area contributed by atoms with Crippen LogP contribution in [0, 0.1) is 0 Å². The Morgan fingerprint density at radius 3 is 1.45 bits per heavy atom. The molecule has 0 unspecified atom stereocenters. The topological polar surface area (TPSA) is 77.5 Å². The van der Waals surface area contributed by atoms with E-state index in [-0.39, 0.29) is 0 Å². The van der Waals surface area contributed by atoms with E-state index in [1.54, 1.807) is 0 Å². The lowest BCUT2D eigenvalue weighted by atomic mass is 10.5. The van der Waals surface area contributed by atoms with Crippen LogP contribution < -0.4 is 0 Å². The second-order valence-electron chi connectivity index (χ2n) is 4.24. The van der Waals surface area contributed by atoms with Crippen LogP contribution in [0.15, 0.2) is 12.2 Å². The van der Waals surface area contributed by atoms with Crippen molar-refractivity contribution in [2.45, 2.75) is 0 Å². The zero-order valence-electron chi connectivity index (χ0n) is 11.2. The van der Waals surface area contributed by atoms with Crippen LogP contribution in [-0.2, 0) is 28.7 Å². The predicted octanol–water partition coefficient (Wildman–Crippen LogP) is -0.877. The highest BCUT2D eigenvalue weighted by Gasteiger charge is 2.16. The SMILES string of the molecule is O=C(/C=C\C(=O)ON1CCOCC1)ON1CCOCC1. The summed E-state index contributed by atoms with van der Waals surface area (Å²) in [5.74, 6) is -1.21. The van der Waals surface area contributed by atoms with Gasteiger partial charge in [-0.25, -0.2) is 9.59 Å². The van der Waals surface area contributed by atoms with E-state index in [9.17, 15) is 9.59 Å². The first-order chi connectivity index (χ1) is 9.74. The van der Waals surface area contributed by atoms with Crippen molar-refractivity contribution in [3.63, 3.8) is 0 Å². The highest BCUT2D eigenvalue weighted by molar-refractivity contribution is 5.91. The average Bonchev–Trinajstić information content (AvgIpc) is 2.47. The van der Waals surface area contributed by atoms with Gasteiger partial charge in [-0.3, -0.25) is 0 Å². The van der Waals surface area contributed by atoms with Gasteiger partial charge in [0.05, 0.1) is 52.6 Å². The Morgan fingerprint density at radius 2 is 1.10 bits per heavy atom. The molecule has 0 amide bonds. The molecule has 8 nitrogen and oxygen atoms in total. The molecule has 20 heavy (non-hydrogen) atoms. The van der Waals surface area contributed by atoms with Gasteiger partial charge in [-0.2, -0.15) is 0 Å². The molecule has 0 radical (unpaired) electrons. The minimum absolute atomic E-state index is 0.524. The summed E-state index contributed by atoms with van der Waals surface area (Å²) in [5, 5.41) is 3.01. The number of morpholine rings is 2. The number of hydrogen-bond acceptors (Lipinski definition) is 8. The van der Waals surface area contributed by atoms with Gasteiger partial charge in [0.25, 0.3) is 0 Å². The van der Waals surface area contributed by atoms with E-state index in [4.69, 9.17) is 19.1 Å². The van der Waals surface area contributed by atoms with Gasteiger partial charge in [0.15, 0.2) is 0 Å². The molecule has 2 aliphatic rings. The molecule has 0 aliphatic carbocycles. The quantitative estimate of drug-likeness (QED) is 0.617. The van der Waals surface area contributed by atoms with Crippen molar-refractivity contribution in [1.29, 1.82) is 0 Å². The second kappa shape index (κ2) is 7.95. The molecule has 2 heterocycles. The Balaban J connectivity index is 1.67. The van der Waals surface area contributed by atoms with Gasteiger partial charge in [0, 0.05) is 12.2 Å². The summed E-state index contributed by atoms with van der Waals surface area (Å²) < 4.78 is 10.2. The largest absolute Gasteiger partial charge is 0.379 e. The molecule has 8 heteroatoms. The minimum atomic E-state index is -0.606. The number of hydrogen-bond donors (Lipinski definition) is 0. The molecule has 2 fully saturated rings. The number of rotatable bonds is 4. The molecule has 2 saturated heterocycles. The lowest BCUT2D eigenvalue weighted by Crippen LogP contribution is -2.38. The van der Waals surface area contributed by atoms with Crippen molar-refractivity contribution in [2.75, 3.05) is 52.6 Å². The Labute approximate surface area is 116 Å². The van der Waals surface area contributed by atoms with Gasteiger partial charge in [-0.1, -0.05) is 0 Å². The maximum Gasteiger partial charge on any atom is 0.349 e. The monoisotopic (exact) mass is 286 g/mol. The molecule has 2 aliphatic heterocycles. The molecule has 2 rings (SSSR count). The zero-order chi connectivity index (χ0) is 14.2. The van der Waals surface area contributed by atoms with E-state index >= 15 is 0 Å². The second-order valence-corrected chi connectivity index (χ2v) is 4.24. The molecule has 0 saturated carbocycles. The van der Waals surface area contributed by atoms with Crippen molar-refractivity contribution in [3.8, 4) is 0 Å². The Bertz CT molecular complexity index is 327. The van der Waals surface area contributed by atoms with Gasteiger partial charge in [-0.15, -0.1) is 10.1 Å². The van der Waals surface area contributed by atoms with Crippen molar-refractivity contribution in [3.05, 3.63) is 12.2 Å². The minimum Gasteiger partial charge on any atom is -0.379 e. The fraction of sp³-hybridized carbons (Fsp3) is 0.667. The van der Waals surface area contributed by atoms with Gasteiger partial charge < -0.3 is 19.1 Å². The van der Waals surface area contributed by atoms with E-state index in [2.05, 4.69) is 0 Å². The Hall–Kier alpha value is -1.48. The summed E-state index contributed by atoms with van der Waals surface area (Å²) in [6.45, 7) is 4.20. The van der Waals surface area contributed by atoms with Gasteiger partial charge >= 0.3 is 11.9 Å². The van der Waals surface area contributed by atoms with Gasteiger partial charge in [-0.05, 0) is 0 Å². The van der Waals surface area contributed by atoms with Crippen LogP contribution >= 0.6 is 0 Å². The van der Waals surface area contributed by atoms with Gasteiger partial charge in [0.2, 0.25) is 0 Å². The molecular formula is C12H18N2O6. The lowest BCUT2D eigenvalue weighted by Gasteiger charge is -2.24. The maximum atomic E-state index is 11.5. The van der Waals surface area contributed by atoms with Crippen LogP contribution in [0.5, 0.6) is 0 Å². The van der Waals surface area contributed by atoms with E-state index in [1.807, 2.05) is 0 Å². The molecule has 0 aromatic rings. The third-order valence-corrected chi connectivity index (χ3v) is 2.73. The molecule has 0 aromatic carbocycles. The van der Waals surface area contributed by atoms with E-state index in [0.717, 1.165) is 12.2 Å². The molecule has 0 atom stereocenters. The van der Waals surface area contributed by atoms with Crippen molar-refractivity contribution >= 4 is 11.9 Å². The predicted molar refractivity (Wildman–Crippen MR) is 66.1 cm³/mol. The average molecular weight is 286 g/mol. The standard InChI is InChI=1S/C12H18N2O6/c15-11(19-13-3-7-17-8-4-13)1-2-12(16)20-14-5-9-18-10-6-14/h1-2H,3-10H2/b2-1-. The summed E-state index contributed by atoms with van der Waals surface area (Å²) >= 11 is 0. The number of nitrogens with zero attached hydrogens (tertiary/aromatic N) is 2. The molecule has 0 bridgehead atoms. The highest BCUT2D eigenvalue weighted by Crippen LogP contribution is 2.00. The number of carbonyl (C=O) groups excluding carboxylic acids is 2. The lowest BCUT2D eigenvalue weighted by molar-refractivity contribution is -0.202. The van der Waals surface area contributed by atoms with E-state index in [1.165, 1.54) is 10.1 Å². The fourth-order valence-electron chi connectivity index (χ4n) is 1.73. The summed E-state index contributed by atoms with van der Waals surface area (Å²) in [5.41, 5.74) is 0. The van der Waals surface area contributed by atoms with Crippen LogP contribution in [0.3, 0.4) is 0 Å². The first-order valence-electron chi connectivity index (χ1n) is 6.51. The molecule has 0 N–H and O–H groups in total.